The van der Waals surface area contributed by atoms with E-state index in [1.165, 1.54) is 0 Å². The van der Waals surface area contributed by atoms with E-state index in [2.05, 4.69) is 0 Å². The molecule has 2 N–H and O–H groups in total. The average Bonchev–Trinajstić information content (AvgIpc) is 2.65. The summed E-state index contributed by atoms with van der Waals surface area (Å²) >= 11 is 12.0. The van der Waals surface area contributed by atoms with E-state index in [0.717, 1.165) is 5.56 Å². The fraction of sp³-hybridized carbons (Fsp3) is 0.455. The molecule has 1 aromatic rings. The van der Waals surface area contributed by atoms with E-state index in [9.17, 15) is 0 Å². The summed E-state index contributed by atoms with van der Waals surface area (Å²) in [5.74, 6) is -0.855. The second kappa shape index (κ2) is 4.51. The Kier molecular flexibility index (Phi) is 3.42. The van der Waals surface area contributed by atoms with Crippen LogP contribution >= 0.6 is 23.2 Å². The van der Waals surface area contributed by atoms with Gasteiger partial charge < -0.3 is 15.2 Å². The van der Waals surface area contributed by atoms with Crippen LogP contribution < -0.4 is 5.73 Å². The predicted molar refractivity (Wildman–Crippen MR) is 63.7 cm³/mol. The first-order valence-corrected chi connectivity index (χ1v) is 5.78. The third-order valence-corrected chi connectivity index (χ3v) is 3.18. The molecule has 0 spiro atoms. The van der Waals surface area contributed by atoms with Crippen molar-refractivity contribution >= 4 is 23.2 Å². The Labute approximate surface area is 104 Å². The van der Waals surface area contributed by atoms with Crippen molar-refractivity contribution in [3.63, 3.8) is 0 Å². The van der Waals surface area contributed by atoms with Crippen LogP contribution in [0.2, 0.25) is 10.0 Å². The molecule has 16 heavy (non-hydrogen) atoms. The quantitative estimate of drug-likeness (QED) is 0.890. The maximum atomic E-state index is 6.11. The monoisotopic (exact) mass is 261 g/mol. The van der Waals surface area contributed by atoms with Gasteiger partial charge in [0.1, 0.15) is 0 Å². The molecule has 0 aliphatic carbocycles. The van der Waals surface area contributed by atoms with Crippen molar-refractivity contribution < 1.29 is 9.47 Å². The van der Waals surface area contributed by atoms with Crippen molar-refractivity contribution in [2.45, 2.75) is 18.8 Å². The topological polar surface area (TPSA) is 44.5 Å². The molecule has 1 heterocycles. The molecule has 0 amide bonds. The zero-order valence-electron chi connectivity index (χ0n) is 8.87. The summed E-state index contributed by atoms with van der Waals surface area (Å²) in [6, 6.07) is 5.21. The first kappa shape index (κ1) is 12.1. The summed E-state index contributed by atoms with van der Waals surface area (Å²) in [7, 11) is 0. The van der Waals surface area contributed by atoms with Crippen molar-refractivity contribution in [3.8, 4) is 0 Å². The Morgan fingerprint density at radius 1 is 1.50 bits per heavy atom. The molecule has 88 valence electrons. The lowest BCUT2D eigenvalue weighted by atomic mass is 10.1. The van der Waals surface area contributed by atoms with Crippen LogP contribution in [0, 0.1) is 0 Å². The van der Waals surface area contributed by atoms with Crippen molar-refractivity contribution in [3.05, 3.63) is 33.8 Å². The van der Waals surface area contributed by atoms with Gasteiger partial charge in [0, 0.05) is 22.2 Å². The minimum Gasteiger partial charge on any atom is -0.343 e. The van der Waals surface area contributed by atoms with Crippen LogP contribution in [-0.4, -0.2) is 19.3 Å². The van der Waals surface area contributed by atoms with Crippen LogP contribution in [0.4, 0.5) is 0 Å². The highest BCUT2D eigenvalue weighted by Gasteiger charge is 2.39. The lowest BCUT2D eigenvalue weighted by Crippen LogP contribution is -2.27. The van der Waals surface area contributed by atoms with Crippen molar-refractivity contribution in [2.24, 2.45) is 5.73 Å². The van der Waals surface area contributed by atoms with Gasteiger partial charge in [-0.25, -0.2) is 0 Å². The largest absolute Gasteiger partial charge is 0.343 e. The van der Waals surface area contributed by atoms with E-state index in [0.29, 0.717) is 23.2 Å². The van der Waals surface area contributed by atoms with Crippen LogP contribution in [0.1, 0.15) is 12.5 Å². The van der Waals surface area contributed by atoms with Crippen LogP contribution in [0.3, 0.4) is 0 Å². The summed E-state index contributed by atoms with van der Waals surface area (Å²) in [4.78, 5) is 0. The lowest BCUT2D eigenvalue weighted by molar-refractivity contribution is -0.160. The number of rotatable bonds is 2. The Balaban J connectivity index is 2.33. The van der Waals surface area contributed by atoms with Gasteiger partial charge in [-0.3, -0.25) is 0 Å². The highest BCUT2D eigenvalue weighted by atomic mass is 35.5. The number of benzene rings is 1. The highest BCUT2D eigenvalue weighted by Crippen LogP contribution is 2.38. The van der Waals surface area contributed by atoms with Gasteiger partial charge in [0.05, 0.1) is 12.7 Å². The summed E-state index contributed by atoms with van der Waals surface area (Å²) in [5.41, 5.74) is 6.27. The van der Waals surface area contributed by atoms with Crippen LogP contribution in [-0.2, 0) is 15.3 Å². The van der Waals surface area contributed by atoms with E-state index >= 15 is 0 Å². The van der Waals surface area contributed by atoms with Crippen molar-refractivity contribution in [1.29, 1.82) is 0 Å². The minimum absolute atomic E-state index is 0.0972. The van der Waals surface area contributed by atoms with Crippen LogP contribution in [0.15, 0.2) is 18.2 Å². The number of hydrogen-bond acceptors (Lipinski definition) is 3. The smallest absolute Gasteiger partial charge is 0.194 e. The van der Waals surface area contributed by atoms with Gasteiger partial charge >= 0.3 is 0 Å². The normalized spacial score (nSPS) is 29.6. The highest BCUT2D eigenvalue weighted by molar-refractivity contribution is 6.33. The van der Waals surface area contributed by atoms with E-state index < -0.39 is 5.79 Å². The standard InChI is InChI=1S/C11H13Cl2NO2/c1-11(15-6-8(5-14)16-11)9-4-7(12)2-3-10(9)13/h2-4,8H,5-6,14H2,1H3. The van der Waals surface area contributed by atoms with Gasteiger partial charge in [-0.15, -0.1) is 0 Å². The molecule has 5 heteroatoms. The Hall–Kier alpha value is -0.320. The molecule has 0 radical (unpaired) electrons. The maximum Gasteiger partial charge on any atom is 0.194 e. The SMILES string of the molecule is CC1(c2cc(Cl)ccc2Cl)OCC(CN)O1. The van der Waals surface area contributed by atoms with Gasteiger partial charge in [-0.2, -0.15) is 0 Å². The summed E-state index contributed by atoms with van der Waals surface area (Å²) in [6.45, 7) is 2.71. The first-order chi connectivity index (χ1) is 7.55. The molecule has 2 unspecified atom stereocenters. The number of halogens is 2. The lowest BCUT2D eigenvalue weighted by Gasteiger charge is -2.24. The molecule has 1 aliphatic rings. The van der Waals surface area contributed by atoms with Crippen molar-refractivity contribution in [2.75, 3.05) is 13.2 Å². The zero-order valence-corrected chi connectivity index (χ0v) is 10.4. The first-order valence-electron chi connectivity index (χ1n) is 5.02. The number of nitrogens with two attached hydrogens (primary N) is 1. The Morgan fingerprint density at radius 2 is 2.25 bits per heavy atom. The van der Waals surface area contributed by atoms with Gasteiger partial charge in [-0.1, -0.05) is 23.2 Å². The average molecular weight is 262 g/mol. The van der Waals surface area contributed by atoms with Crippen LogP contribution in [0.5, 0.6) is 0 Å². The fourth-order valence-corrected chi connectivity index (χ4v) is 2.20. The molecule has 1 saturated heterocycles. The van der Waals surface area contributed by atoms with E-state index in [1.807, 2.05) is 6.92 Å². The summed E-state index contributed by atoms with van der Waals surface area (Å²) < 4.78 is 11.4. The number of ether oxygens (including phenoxy) is 2. The Bertz CT molecular complexity index is 400. The van der Waals surface area contributed by atoms with Gasteiger partial charge in [-0.05, 0) is 25.1 Å². The second-order valence-corrected chi connectivity index (χ2v) is 4.70. The molecule has 0 saturated carbocycles. The molecular formula is C11H13Cl2NO2. The molecule has 1 fully saturated rings. The third kappa shape index (κ3) is 2.19. The molecule has 1 aromatic carbocycles. The third-order valence-electron chi connectivity index (χ3n) is 2.62. The van der Waals surface area contributed by atoms with E-state index in [-0.39, 0.29) is 6.10 Å². The zero-order chi connectivity index (χ0) is 11.8. The van der Waals surface area contributed by atoms with Gasteiger partial charge in [0.15, 0.2) is 5.79 Å². The maximum absolute atomic E-state index is 6.11. The van der Waals surface area contributed by atoms with Crippen LogP contribution in [0.25, 0.3) is 0 Å². The molecule has 2 atom stereocenters. The molecule has 0 aromatic heterocycles. The fourth-order valence-electron chi connectivity index (χ4n) is 1.74. The Morgan fingerprint density at radius 3 is 2.88 bits per heavy atom. The molecule has 3 nitrogen and oxygen atoms in total. The van der Waals surface area contributed by atoms with Gasteiger partial charge in [0.2, 0.25) is 0 Å². The minimum atomic E-state index is -0.855. The summed E-state index contributed by atoms with van der Waals surface area (Å²) in [5, 5.41) is 1.17. The van der Waals surface area contributed by atoms with E-state index in [1.54, 1.807) is 18.2 Å². The molecule has 0 bridgehead atoms. The predicted octanol–water partition coefficient (Wildman–Crippen LogP) is 2.54. The summed E-state index contributed by atoms with van der Waals surface area (Å²) in [6.07, 6.45) is -0.0972. The van der Waals surface area contributed by atoms with Crippen molar-refractivity contribution in [1.82, 2.24) is 0 Å². The van der Waals surface area contributed by atoms with Gasteiger partial charge in [0.25, 0.3) is 0 Å². The molecule has 2 rings (SSSR count). The molecular weight excluding hydrogens is 249 g/mol. The second-order valence-electron chi connectivity index (χ2n) is 3.86. The number of hydrogen-bond donors (Lipinski definition) is 1. The molecule has 1 aliphatic heterocycles. The van der Waals surface area contributed by atoms with E-state index in [4.69, 9.17) is 38.4 Å².